The second-order valence-electron chi connectivity index (χ2n) is 5.01. The lowest BCUT2D eigenvalue weighted by atomic mass is 9.79. The summed E-state index contributed by atoms with van der Waals surface area (Å²) in [6.45, 7) is 0. The maximum absolute atomic E-state index is 13.0. The van der Waals surface area contributed by atoms with Crippen LogP contribution in [0.25, 0.3) is 0 Å². The largest absolute Gasteiger partial charge is 0.309 e. The lowest BCUT2D eigenvalue weighted by Crippen LogP contribution is -2.37. The number of benzene rings is 1. The molecule has 3 nitrogen and oxygen atoms in total. The van der Waals surface area contributed by atoms with Crippen molar-refractivity contribution in [3.05, 3.63) is 96.7 Å². The zero-order chi connectivity index (χ0) is 15.3. The molecule has 0 radical (unpaired) electrons. The van der Waals surface area contributed by atoms with Gasteiger partial charge in [-0.25, -0.2) is 4.98 Å². The molecule has 0 saturated heterocycles. The van der Waals surface area contributed by atoms with Gasteiger partial charge in [-0.3, -0.25) is 4.79 Å². The molecule has 1 heterocycles. The van der Waals surface area contributed by atoms with Crippen LogP contribution in [-0.4, -0.2) is 10.9 Å². The number of anilines is 1. The molecule has 3 rings (SSSR count). The molecule has 1 amide bonds. The molecule has 22 heavy (non-hydrogen) atoms. The standard InChI is InChI=1S/C19H16N2O/c22-18(21-17-12-6-9-15-20-17)19(13-7-1-2-8-14-19)16-10-4-3-5-11-16/h1-15H,(H,20,21,22). The predicted octanol–water partition coefficient (Wildman–Crippen LogP) is 3.64. The van der Waals surface area contributed by atoms with E-state index in [1.807, 2.05) is 78.9 Å². The number of amides is 1. The number of carbonyl (C=O) groups is 1. The first-order valence-electron chi connectivity index (χ1n) is 7.13. The predicted molar refractivity (Wildman–Crippen MR) is 88.4 cm³/mol. The van der Waals surface area contributed by atoms with Crippen LogP contribution in [0.4, 0.5) is 5.82 Å². The van der Waals surface area contributed by atoms with E-state index in [1.165, 1.54) is 0 Å². The zero-order valence-electron chi connectivity index (χ0n) is 12.0. The first-order chi connectivity index (χ1) is 10.8. The first kappa shape index (κ1) is 14.0. The van der Waals surface area contributed by atoms with Gasteiger partial charge in [0.05, 0.1) is 0 Å². The zero-order valence-corrected chi connectivity index (χ0v) is 12.0. The van der Waals surface area contributed by atoms with Crippen LogP contribution in [0.2, 0.25) is 0 Å². The van der Waals surface area contributed by atoms with Gasteiger partial charge >= 0.3 is 0 Å². The molecule has 0 saturated carbocycles. The van der Waals surface area contributed by atoms with E-state index in [-0.39, 0.29) is 5.91 Å². The number of rotatable bonds is 3. The van der Waals surface area contributed by atoms with Crippen LogP contribution in [0.3, 0.4) is 0 Å². The van der Waals surface area contributed by atoms with Crippen molar-refractivity contribution in [3.8, 4) is 0 Å². The number of hydrogen-bond acceptors (Lipinski definition) is 2. The highest BCUT2D eigenvalue weighted by molar-refractivity contribution is 6.02. The summed E-state index contributed by atoms with van der Waals surface area (Å²) in [6, 6.07) is 15.2. The van der Waals surface area contributed by atoms with E-state index in [1.54, 1.807) is 12.3 Å². The molecule has 1 N–H and O–H groups in total. The fourth-order valence-corrected chi connectivity index (χ4v) is 2.44. The molecule has 1 aliphatic rings. The minimum Gasteiger partial charge on any atom is -0.309 e. The van der Waals surface area contributed by atoms with Gasteiger partial charge in [-0.1, -0.05) is 72.9 Å². The summed E-state index contributed by atoms with van der Waals surface area (Å²) < 4.78 is 0. The molecular weight excluding hydrogens is 272 g/mol. The molecule has 0 bridgehead atoms. The van der Waals surface area contributed by atoms with Crippen LogP contribution in [0, 0.1) is 0 Å². The Morgan fingerprint density at radius 3 is 2.18 bits per heavy atom. The lowest BCUT2D eigenvalue weighted by molar-refractivity contribution is -0.118. The molecular formula is C19H16N2O. The van der Waals surface area contributed by atoms with Crippen LogP contribution in [0.5, 0.6) is 0 Å². The normalized spacial score (nSPS) is 15.3. The van der Waals surface area contributed by atoms with E-state index in [9.17, 15) is 4.79 Å². The number of carbonyl (C=O) groups excluding carboxylic acids is 1. The van der Waals surface area contributed by atoms with Gasteiger partial charge in [0, 0.05) is 6.20 Å². The van der Waals surface area contributed by atoms with Crippen LogP contribution in [-0.2, 0) is 10.2 Å². The average molecular weight is 288 g/mol. The van der Waals surface area contributed by atoms with Crippen molar-refractivity contribution in [3.63, 3.8) is 0 Å². The number of pyridine rings is 1. The number of nitrogens with zero attached hydrogens (tertiary/aromatic N) is 1. The molecule has 0 atom stereocenters. The summed E-state index contributed by atoms with van der Waals surface area (Å²) in [4.78, 5) is 17.1. The Hall–Kier alpha value is -2.94. The Labute approximate surface area is 129 Å². The Balaban J connectivity index is 2.01. The topological polar surface area (TPSA) is 42.0 Å². The van der Waals surface area contributed by atoms with Gasteiger partial charge in [0.1, 0.15) is 11.2 Å². The van der Waals surface area contributed by atoms with E-state index >= 15 is 0 Å². The third kappa shape index (κ3) is 2.74. The second kappa shape index (κ2) is 6.22. The number of aromatic nitrogens is 1. The Bertz CT molecular complexity index is 715. The fraction of sp³-hybridized carbons (Fsp3) is 0.0526. The summed E-state index contributed by atoms with van der Waals surface area (Å²) in [5.41, 5.74) is 0.0714. The van der Waals surface area contributed by atoms with Gasteiger partial charge in [-0.15, -0.1) is 0 Å². The summed E-state index contributed by atoms with van der Waals surface area (Å²) in [7, 11) is 0. The maximum Gasteiger partial charge on any atom is 0.243 e. The molecule has 3 heteroatoms. The van der Waals surface area contributed by atoms with Crippen molar-refractivity contribution < 1.29 is 4.79 Å². The van der Waals surface area contributed by atoms with Crippen LogP contribution in [0.1, 0.15) is 5.56 Å². The summed E-state index contributed by atoms with van der Waals surface area (Å²) >= 11 is 0. The number of nitrogens with one attached hydrogen (secondary N) is 1. The van der Waals surface area contributed by atoms with Crippen LogP contribution < -0.4 is 5.32 Å². The average Bonchev–Trinajstić information content (AvgIpc) is 2.83. The highest BCUT2D eigenvalue weighted by atomic mass is 16.2. The third-order valence-electron chi connectivity index (χ3n) is 3.59. The summed E-state index contributed by atoms with van der Waals surface area (Å²) in [5.74, 6) is 0.412. The Morgan fingerprint density at radius 1 is 0.864 bits per heavy atom. The lowest BCUT2D eigenvalue weighted by Gasteiger charge is -2.26. The van der Waals surface area contributed by atoms with Crippen molar-refractivity contribution in [2.24, 2.45) is 0 Å². The van der Waals surface area contributed by atoms with Crippen molar-refractivity contribution in [2.75, 3.05) is 5.32 Å². The van der Waals surface area contributed by atoms with Gasteiger partial charge in [-0.05, 0) is 17.7 Å². The molecule has 1 aliphatic carbocycles. The van der Waals surface area contributed by atoms with E-state index < -0.39 is 5.41 Å². The van der Waals surface area contributed by atoms with Crippen LogP contribution in [0.15, 0.2) is 91.2 Å². The van der Waals surface area contributed by atoms with E-state index in [0.29, 0.717) is 5.82 Å². The molecule has 0 spiro atoms. The fourth-order valence-electron chi connectivity index (χ4n) is 2.44. The van der Waals surface area contributed by atoms with Crippen molar-refractivity contribution in [2.45, 2.75) is 5.41 Å². The SMILES string of the molecule is O=C(Nc1ccccn1)C1(c2ccccc2)C=CC=CC=C1. The van der Waals surface area contributed by atoms with E-state index in [2.05, 4.69) is 10.3 Å². The van der Waals surface area contributed by atoms with Gasteiger partial charge in [0.15, 0.2) is 0 Å². The molecule has 2 aromatic rings. The van der Waals surface area contributed by atoms with E-state index in [0.717, 1.165) is 5.56 Å². The highest BCUT2D eigenvalue weighted by Crippen LogP contribution is 2.30. The van der Waals surface area contributed by atoms with Crippen molar-refractivity contribution in [1.29, 1.82) is 0 Å². The first-order valence-corrected chi connectivity index (χ1v) is 7.13. The molecule has 0 aliphatic heterocycles. The number of allylic oxidation sites excluding steroid dienone is 4. The summed E-state index contributed by atoms with van der Waals surface area (Å²) in [5, 5.41) is 2.90. The Kier molecular flexibility index (Phi) is 3.97. The van der Waals surface area contributed by atoms with E-state index in [4.69, 9.17) is 0 Å². The smallest absolute Gasteiger partial charge is 0.243 e. The van der Waals surface area contributed by atoms with Crippen LogP contribution >= 0.6 is 0 Å². The van der Waals surface area contributed by atoms with Gasteiger partial charge in [0.25, 0.3) is 0 Å². The van der Waals surface area contributed by atoms with Gasteiger partial charge in [-0.2, -0.15) is 0 Å². The molecule has 108 valence electrons. The molecule has 1 aromatic carbocycles. The van der Waals surface area contributed by atoms with Crippen molar-refractivity contribution in [1.82, 2.24) is 4.98 Å². The minimum absolute atomic E-state index is 0.131. The quantitative estimate of drug-likeness (QED) is 0.937. The maximum atomic E-state index is 13.0. The molecule has 1 aromatic heterocycles. The highest BCUT2D eigenvalue weighted by Gasteiger charge is 2.35. The summed E-state index contributed by atoms with van der Waals surface area (Å²) in [6.07, 6.45) is 13.1. The molecule has 0 unspecified atom stereocenters. The second-order valence-corrected chi connectivity index (χ2v) is 5.01. The number of hydrogen-bond donors (Lipinski definition) is 1. The third-order valence-corrected chi connectivity index (χ3v) is 3.59. The monoisotopic (exact) mass is 288 g/mol. The van der Waals surface area contributed by atoms with Gasteiger partial charge < -0.3 is 5.32 Å². The Morgan fingerprint density at radius 2 is 1.55 bits per heavy atom. The van der Waals surface area contributed by atoms with Crippen molar-refractivity contribution >= 4 is 11.7 Å². The van der Waals surface area contributed by atoms with Gasteiger partial charge in [0.2, 0.25) is 5.91 Å². The molecule has 0 fully saturated rings. The minimum atomic E-state index is -0.845.